The van der Waals surface area contributed by atoms with Crippen LogP contribution in [0.15, 0.2) is 22.4 Å². The first kappa shape index (κ1) is 8.99. The highest BCUT2D eigenvalue weighted by molar-refractivity contribution is 5.92. The molecule has 0 unspecified atom stereocenters. The zero-order chi connectivity index (χ0) is 9.97. The number of nitrogens with one attached hydrogen (secondary N) is 1. The molecule has 1 N–H and O–H groups in total. The Morgan fingerprint density at radius 2 is 2.43 bits per heavy atom. The number of hydrogen-bond donors (Lipinski definition) is 1. The summed E-state index contributed by atoms with van der Waals surface area (Å²) in [6, 6.07) is 1.88. The van der Waals surface area contributed by atoms with Gasteiger partial charge >= 0.3 is 0 Å². The van der Waals surface area contributed by atoms with E-state index in [1.807, 2.05) is 13.0 Å². The lowest BCUT2D eigenvalue weighted by Crippen LogP contribution is -2.11. The number of rotatable bonds is 3. The van der Waals surface area contributed by atoms with E-state index in [4.69, 9.17) is 4.52 Å². The molecule has 0 spiro atoms. The standard InChI is InChI=1S/C10H12N2O2/c1-7-4-9(12-14-7)6-11-8-2-3-10(13)5-8/h4-5,11H,2-3,6H2,1H3. The normalized spacial score (nSPS) is 15.8. The Labute approximate surface area is 82.0 Å². The number of carbonyl (C=O) groups is 1. The Morgan fingerprint density at radius 1 is 1.57 bits per heavy atom. The third-order valence-electron chi connectivity index (χ3n) is 2.15. The van der Waals surface area contributed by atoms with Gasteiger partial charge in [-0.25, -0.2) is 0 Å². The van der Waals surface area contributed by atoms with Crippen LogP contribution in [0, 0.1) is 6.92 Å². The number of allylic oxidation sites excluding steroid dienone is 2. The Kier molecular flexibility index (Phi) is 2.35. The molecule has 14 heavy (non-hydrogen) atoms. The van der Waals surface area contributed by atoms with Gasteiger partial charge in [-0.2, -0.15) is 0 Å². The van der Waals surface area contributed by atoms with Crippen LogP contribution in [0.2, 0.25) is 0 Å². The molecule has 0 fully saturated rings. The maximum Gasteiger partial charge on any atom is 0.157 e. The van der Waals surface area contributed by atoms with Crippen molar-refractivity contribution in [2.75, 3.05) is 0 Å². The second kappa shape index (κ2) is 3.65. The number of ketones is 1. The van der Waals surface area contributed by atoms with E-state index < -0.39 is 0 Å². The summed E-state index contributed by atoms with van der Waals surface area (Å²) < 4.78 is 4.92. The van der Waals surface area contributed by atoms with E-state index in [0.717, 1.165) is 23.6 Å². The number of aryl methyl sites for hydroxylation is 1. The highest BCUT2D eigenvalue weighted by Crippen LogP contribution is 2.12. The molecule has 0 atom stereocenters. The van der Waals surface area contributed by atoms with Crippen molar-refractivity contribution in [3.8, 4) is 0 Å². The van der Waals surface area contributed by atoms with Crippen LogP contribution >= 0.6 is 0 Å². The fraction of sp³-hybridized carbons (Fsp3) is 0.400. The van der Waals surface area contributed by atoms with Crippen LogP contribution < -0.4 is 5.32 Å². The first-order valence-corrected chi connectivity index (χ1v) is 4.63. The third kappa shape index (κ3) is 2.02. The van der Waals surface area contributed by atoms with Gasteiger partial charge in [0.15, 0.2) is 5.78 Å². The maximum atomic E-state index is 10.9. The Balaban J connectivity index is 1.89. The van der Waals surface area contributed by atoms with Crippen molar-refractivity contribution in [1.29, 1.82) is 0 Å². The number of nitrogens with zero attached hydrogens (tertiary/aromatic N) is 1. The van der Waals surface area contributed by atoms with Crippen LogP contribution in [0.4, 0.5) is 0 Å². The molecule has 4 heteroatoms. The van der Waals surface area contributed by atoms with Gasteiger partial charge in [0.05, 0.1) is 6.54 Å². The van der Waals surface area contributed by atoms with Crippen molar-refractivity contribution in [2.24, 2.45) is 0 Å². The second-order valence-electron chi connectivity index (χ2n) is 3.42. The predicted molar refractivity (Wildman–Crippen MR) is 50.4 cm³/mol. The van der Waals surface area contributed by atoms with Crippen LogP contribution in [0.25, 0.3) is 0 Å². The maximum absolute atomic E-state index is 10.9. The van der Waals surface area contributed by atoms with Crippen LogP contribution in [0.1, 0.15) is 24.3 Å². The number of aromatic nitrogens is 1. The summed E-state index contributed by atoms with van der Waals surface area (Å²) >= 11 is 0. The van der Waals surface area contributed by atoms with E-state index in [0.29, 0.717) is 13.0 Å². The minimum absolute atomic E-state index is 0.198. The molecule has 0 aliphatic heterocycles. The number of carbonyl (C=O) groups excluding carboxylic acids is 1. The van der Waals surface area contributed by atoms with E-state index in [1.54, 1.807) is 6.08 Å². The van der Waals surface area contributed by atoms with E-state index in [-0.39, 0.29) is 5.78 Å². The molecule has 1 aromatic rings. The van der Waals surface area contributed by atoms with Crippen molar-refractivity contribution in [2.45, 2.75) is 26.3 Å². The lowest BCUT2D eigenvalue weighted by Gasteiger charge is -2.02. The van der Waals surface area contributed by atoms with Gasteiger partial charge in [-0.3, -0.25) is 4.79 Å². The summed E-state index contributed by atoms with van der Waals surface area (Å²) in [6.07, 6.45) is 3.10. The molecule has 0 amide bonds. The summed E-state index contributed by atoms with van der Waals surface area (Å²) in [4.78, 5) is 10.9. The van der Waals surface area contributed by atoms with E-state index in [9.17, 15) is 4.79 Å². The minimum Gasteiger partial charge on any atom is -0.382 e. The predicted octanol–water partition coefficient (Wildman–Crippen LogP) is 1.32. The van der Waals surface area contributed by atoms with E-state index in [2.05, 4.69) is 10.5 Å². The molecule has 0 saturated heterocycles. The van der Waals surface area contributed by atoms with Crippen molar-refractivity contribution < 1.29 is 9.32 Å². The summed E-state index contributed by atoms with van der Waals surface area (Å²) in [6.45, 7) is 2.48. The SMILES string of the molecule is Cc1cc(CNC2=CC(=O)CC2)no1. The summed E-state index contributed by atoms with van der Waals surface area (Å²) in [5, 5.41) is 7.01. The van der Waals surface area contributed by atoms with Crippen LogP contribution in [-0.2, 0) is 11.3 Å². The van der Waals surface area contributed by atoms with Gasteiger partial charge in [-0.05, 0) is 13.3 Å². The zero-order valence-corrected chi connectivity index (χ0v) is 8.04. The van der Waals surface area contributed by atoms with Crippen molar-refractivity contribution in [1.82, 2.24) is 10.5 Å². The van der Waals surface area contributed by atoms with Gasteiger partial charge in [0.25, 0.3) is 0 Å². The van der Waals surface area contributed by atoms with Gasteiger partial charge in [-0.15, -0.1) is 0 Å². The molecule has 2 rings (SSSR count). The monoisotopic (exact) mass is 192 g/mol. The Morgan fingerprint density at radius 3 is 3.00 bits per heavy atom. The van der Waals surface area contributed by atoms with Crippen LogP contribution in [0.3, 0.4) is 0 Å². The highest BCUT2D eigenvalue weighted by Gasteiger charge is 2.11. The van der Waals surface area contributed by atoms with Gasteiger partial charge in [0.2, 0.25) is 0 Å². The summed E-state index contributed by atoms with van der Waals surface area (Å²) in [7, 11) is 0. The van der Waals surface area contributed by atoms with Crippen LogP contribution in [-0.4, -0.2) is 10.9 Å². The average Bonchev–Trinajstić information content (AvgIpc) is 2.72. The molecule has 1 heterocycles. The van der Waals surface area contributed by atoms with Crippen molar-refractivity contribution in [3.05, 3.63) is 29.3 Å². The van der Waals surface area contributed by atoms with Gasteiger partial charge in [-0.1, -0.05) is 5.16 Å². The largest absolute Gasteiger partial charge is 0.382 e. The second-order valence-corrected chi connectivity index (χ2v) is 3.42. The molecule has 1 aromatic heterocycles. The molecule has 4 nitrogen and oxygen atoms in total. The third-order valence-corrected chi connectivity index (χ3v) is 2.15. The molecule has 0 radical (unpaired) electrons. The van der Waals surface area contributed by atoms with Crippen LogP contribution in [0.5, 0.6) is 0 Å². The zero-order valence-electron chi connectivity index (χ0n) is 8.04. The molecular weight excluding hydrogens is 180 g/mol. The molecule has 1 aliphatic carbocycles. The lowest BCUT2D eigenvalue weighted by atomic mass is 10.3. The number of hydrogen-bond acceptors (Lipinski definition) is 4. The van der Waals surface area contributed by atoms with Gasteiger partial charge < -0.3 is 9.84 Å². The molecule has 0 bridgehead atoms. The first-order valence-electron chi connectivity index (χ1n) is 4.63. The summed E-state index contributed by atoms with van der Waals surface area (Å²) in [5.74, 6) is 1.00. The van der Waals surface area contributed by atoms with Crippen molar-refractivity contribution in [3.63, 3.8) is 0 Å². The Bertz CT molecular complexity index is 379. The smallest absolute Gasteiger partial charge is 0.157 e. The van der Waals surface area contributed by atoms with E-state index in [1.165, 1.54) is 0 Å². The fourth-order valence-electron chi connectivity index (χ4n) is 1.44. The molecule has 1 aliphatic rings. The average molecular weight is 192 g/mol. The molecule has 74 valence electrons. The molecular formula is C10H12N2O2. The highest BCUT2D eigenvalue weighted by atomic mass is 16.5. The quantitative estimate of drug-likeness (QED) is 0.784. The molecule has 0 saturated carbocycles. The van der Waals surface area contributed by atoms with Gasteiger partial charge in [0.1, 0.15) is 11.5 Å². The first-order chi connectivity index (χ1) is 6.74. The molecule has 0 aromatic carbocycles. The lowest BCUT2D eigenvalue weighted by molar-refractivity contribution is -0.114. The topological polar surface area (TPSA) is 55.1 Å². The van der Waals surface area contributed by atoms with E-state index >= 15 is 0 Å². The van der Waals surface area contributed by atoms with Gasteiger partial charge in [0, 0.05) is 24.3 Å². The Hall–Kier alpha value is -1.58. The van der Waals surface area contributed by atoms with Crippen molar-refractivity contribution >= 4 is 5.78 Å². The summed E-state index contributed by atoms with van der Waals surface area (Å²) in [5.41, 5.74) is 1.86. The minimum atomic E-state index is 0.198. The fourth-order valence-corrected chi connectivity index (χ4v) is 1.44.